The van der Waals surface area contributed by atoms with Crippen molar-refractivity contribution in [3.05, 3.63) is 28.3 Å². The summed E-state index contributed by atoms with van der Waals surface area (Å²) in [5.74, 6) is -0.338. The van der Waals surface area contributed by atoms with E-state index in [4.69, 9.17) is 11.6 Å². The van der Waals surface area contributed by atoms with E-state index in [9.17, 15) is 18.0 Å². The summed E-state index contributed by atoms with van der Waals surface area (Å²) in [6.45, 7) is 10.5. The Kier molecular flexibility index (Phi) is 6.98. The van der Waals surface area contributed by atoms with Crippen molar-refractivity contribution >= 4 is 39.2 Å². The molecule has 3 amide bonds. The standard InChI is InChI=1S/C19H28ClN3O4S/c1-6-23-8-7-16(18(23)24)28(26,27)22-19(25)21-17-14(11(2)3)9-13(20)10-15(17)12(4)5/h9-12,16H,6-8H2,1-5H3,(H2,21,22,25). The van der Waals surface area contributed by atoms with Crippen LogP contribution in [0.25, 0.3) is 0 Å². The molecule has 1 fully saturated rings. The monoisotopic (exact) mass is 429 g/mol. The number of carbonyl (C=O) groups is 2. The molecule has 1 atom stereocenters. The maximum absolute atomic E-state index is 12.6. The van der Waals surface area contributed by atoms with Crippen LogP contribution in [-0.4, -0.2) is 43.6 Å². The fourth-order valence-corrected chi connectivity index (χ4v) is 4.87. The quantitative estimate of drug-likeness (QED) is 0.721. The summed E-state index contributed by atoms with van der Waals surface area (Å²) in [5, 5.41) is 2.00. The summed E-state index contributed by atoms with van der Waals surface area (Å²) >= 11 is 6.22. The second kappa shape index (κ2) is 8.69. The number of rotatable bonds is 6. The first-order valence-electron chi connectivity index (χ1n) is 9.42. The molecule has 0 saturated carbocycles. The molecule has 0 spiro atoms. The van der Waals surface area contributed by atoms with Crippen LogP contribution in [0.15, 0.2) is 12.1 Å². The summed E-state index contributed by atoms with van der Waals surface area (Å²) in [4.78, 5) is 26.2. The third-order valence-electron chi connectivity index (χ3n) is 4.89. The largest absolute Gasteiger partial charge is 0.342 e. The van der Waals surface area contributed by atoms with Crippen LogP contribution in [0.4, 0.5) is 10.5 Å². The van der Waals surface area contributed by atoms with Gasteiger partial charge in [-0.1, -0.05) is 39.3 Å². The van der Waals surface area contributed by atoms with Crippen LogP contribution in [-0.2, 0) is 14.8 Å². The van der Waals surface area contributed by atoms with E-state index >= 15 is 0 Å². The Balaban J connectivity index is 2.27. The van der Waals surface area contributed by atoms with Gasteiger partial charge in [-0.3, -0.25) is 4.79 Å². The number of likely N-dealkylation sites (tertiary alicyclic amines) is 1. The number of benzene rings is 1. The zero-order valence-corrected chi connectivity index (χ0v) is 18.4. The Hall–Kier alpha value is -1.80. The fraction of sp³-hybridized carbons (Fsp3) is 0.579. The SMILES string of the molecule is CCN1CCC(S(=O)(=O)NC(=O)Nc2c(C(C)C)cc(Cl)cc2C(C)C)C1=O. The number of anilines is 1. The zero-order valence-electron chi connectivity index (χ0n) is 16.9. The van der Waals surface area contributed by atoms with Crippen LogP contribution in [0.5, 0.6) is 0 Å². The lowest BCUT2D eigenvalue weighted by Gasteiger charge is -2.21. The Bertz CT molecular complexity index is 839. The van der Waals surface area contributed by atoms with Gasteiger partial charge in [-0.15, -0.1) is 0 Å². The minimum Gasteiger partial charge on any atom is -0.342 e. The maximum atomic E-state index is 12.6. The van der Waals surface area contributed by atoms with Crippen molar-refractivity contribution in [1.82, 2.24) is 9.62 Å². The molecule has 2 N–H and O–H groups in total. The van der Waals surface area contributed by atoms with Gasteiger partial charge in [0.05, 0.1) is 0 Å². The van der Waals surface area contributed by atoms with Gasteiger partial charge < -0.3 is 10.2 Å². The summed E-state index contributed by atoms with van der Waals surface area (Å²) in [6.07, 6.45) is 0.171. The van der Waals surface area contributed by atoms with Gasteiger partial charge in [-0.05, 0) is 48.4 Å². The minimum atomic E-state index is -4.13. The Labute approximate surface area is 171 Å². The van der Waals surface area contributed by atoms with Gasteiger partial charge >= 0.3 is 6.03 Å². The normalized spacial score (nSPS) is 17.5. The molecule has 0 aromatic heterocycles. The van der Waals surface area contributed by atoms with E-state index in [1.807, 2.05) is 32.4 Å². The van der Waals surface area contributed by atoms with Crippen molar-refractivity contribution in [1.29, 1.82) is 0 Å². The van der Waals surface area contributed by atoms with Crippen LogP contribution in [0.3, 0.4) is 0 Å². The van der Waals surface area contributed by atoms with Gasteiger partial charge in [0, 0.05) is 23.8 Å². The van der Waals surface area contributed by atoms with Crippen LogP contribution < -0.4 is 10.0 Å². The van der Waals surface area contributed by atoms with Gasteiger partial charge in [-0.25, -0.2) is 17.9 Å². The lowest BCUT2D eigenvalue weighted by atomic mass is 9.92. The molecule has 1 aliphatic heterocycles. The molecular weight excluding hydrogens is 402 g/mol. The summed E-state index contributed by atoms with van der Waals surface area (Å²) in [6, 6.07) is 2.65. The van der Waals surface area contributed by atoms with Crippen LogP contribution in [0.1, 0.15) is 64.0 Å². The molecule has 1 aromatic rings. The number of carbonyl (C=O) groups excluding carboxylic acids is 2. The summed E-state index contributed by atoms with van der Waals surface area (Å²) in [7, 11) is -4.13. The predicted molar refractivity (Wildman–Crippen MR) is 111 cm³/mol. The van der Waals surface area contributed by atoms with E-state index in [0.717, 1.165) is 11.1 Å². The van der Waals surface area contributed by atoms with Crippen LogP contribution in [0.2, 0.25) is 5.02 Å². The second-order valence-electron chi connectivity index (χ2n) is 7.57. The average molecular weight is 430 g/mol. The number of hydrogen-bond donors (Lipinski definition) is 2. The molecule has 0 radical (unpaired) electrons. The van der Waals surface area contributed by atoms with Gasteiger partial charge in [-0.2, -0.15) is 0 Å². The number of nitrogens with one attached hydrogen (secondary N) is 2. The van der Waals surface area contributed by atoms with E-state index < -0.39 is 27.2 Å². The van der Waals surface area contributed by atoms with Gasteiger partial charge in [0.15, 0.2) is 5.25 Å². The Morgan fingerprint density at radius 3 is 2.18 bits per heavy atom. The van der Waals surface area contributed by atoms with E-state index in [1.165, 1.54) is 4.90 Å². The molecule has 9 heteroatoms. The van der Waals surface area contributed by atoms with Crippen molar-refractivity contribution in [2.45, 2.75) is 58.1 Å². The van der Waals surface area contributed by atoms with Gasteiger partial charge in [0.1, 0.15) is 0 Å². The average Bonchev–Trinajstić information content (AvgIpc) is 2.96. The van der Waals surface area contributed by atoms with Gasteiger partial charge in [0.25, 0.3) is 0 Å². The van der Waals surface area contributed by atoms with Crippen molar-refractivity contribution in [2.75, 3.05) is 18.4 Å². The highest BCUT2D eigenvalue weighted by atomic mass is 35.5. The Morgan fingerprint density at radius 2 is 1.75 bits per heavy atom. The molecule has 1 aliphatic rings. The molecule has 2 rings (SSSR count). The first-order valence-corrected chi connectivity index (χ1v) is 11.3. The van der Waals surface area contributed by atoms with Gasteiger partial charge in [0.2, 0.25) is 15.9 Å². The van der Waals surface area contributed by atoms with E-state index in [1.54, 1.807) is 19.1 Å². The second-order valence-corrected chi connectivity index (χ2v) is 9.86. The molecule has 7 nitrogen and oxygen atoms in total. The number of urea groups is 1. The topological polar surface area (TPSA) is 95.6 Å². The zero-order chi connectivity index (χ0) is 21.2. The molecular formula is C19H28ClN3O4S. The number of amides is 3. The molecule has 28 heavy (non-hydrogen) atoms. The smallest absolute Gasteiger partial charge is 0.332 e. The minimum absolute atomic E-state index is 0.0672. The van der Waals surface area contributed by atoms with E-state index in [0.29, 0.717) is 23.8 Å². The molecule has 0 aliphatic carbocycles. The van der Waals surface area contributed by atoms with Crippen LogP contribution >= 0.6 is 11.6 Å². The molecule has 156 valence electrons. The first-order chi connectivity index (χ1) is 13.0. The van der Waals surface area contributed by atoms with Crippen LogP contribution in [0, 0.1) is 0 Å². The maximum Gasteiger partial charge on any atom is 0.332 e. The third kappa shape index (κ3) is 4.78. The lowest BCUT2D eigenvalue weighted by Crippen LogP contribution is -2.44. The number of nitrogens with zero attached hydrogens (tertiary/aromatic N) is 1. The molecule has 0 bridgehead atoms. The van der Waals surface area contributed by atoms with E-state index in [2.05, 4.69) is 5.32 Å². The number of sulfonamides is 1. The summed E-state index contributed by atoms with van der Waals surface area (Å²) < 4.78 is 27.1. The van der Waals surface area contributed by atoms with Crippen molar-refractivity contribution in [2.24, 2.45) is 0 Å². The number of halogens is 1. The third-order valence-corrected chi connectivity index (χ3v) is 6.76. The van der Waals surface area contributed by atoms with E-state index in [-0.39, 0.29) is 18.3 Å². The van der Waals surface area contributed by atoms with Crippen molar-refractivity contribution in [3.63, 3.8) is 0 Å². The number of hydrogen-bond acceptors (Lipinski definition) is 4. The fourth-order valence-electron chi connectivity index (χ4n) is 3.36. The highest BCUT2D eigenvalue weighted by Crippen LogP contribution is 2.35. The summed E-state index contributed by atoms with van der Waals surface area (Å²) in [5.41, 5.74) is 2.19. The molecule has 1 unspecified atom stereocenters. The molecule has 1 heterocycles. The lowest BCUT2D eigenvalue weighted by molar-refractivity contribution is -0.127. The Morgan fingerprint density at radius 1 is 1.21 bits per heavy atom. The predicted octanol–water partition coefficient (Wildman–Crippen LogP) is 3.66. The highest BCUT2D eigenvalue weighted by molar-refractivity contribution is 7.91. The molecule has 1 aromatic carbocycles. The molecule has 1 saturated heterocycles. The van der Waals surface area contributed by atoms with Crippen molar-refractivity contribution < 1.29 is 18.0 Å². The van der Waals surface area contributed by atoms with Crippen molar-refractivity contribution in [3.8, 4) is 0 Å². The first kappa shape index (κ1) is 22.5. The highest BCUT2D eigenvalue weighted by Gasteiger charge is 2.41.